The molecule has 5 heteroatoms. The number of amides is 2. The van der Waals surface area contributed by atoms with Crippen LogP contribution in [0.5, 0.6) is 0 Å². The molecule has 0 unspecified atom stereocenters. The lowest BCUT2D eigenvalue weighted by Crippen LogP contribution is -2.45. The van der Waals surface area contributed by atoms with Gasteiger partial charge in [0.05, 0.1) is 6.10 Å². The van der Waals surface area contributed by atoms with E-state index in [1.807, 2.05) is 11.0 Å². The van der Waals surface area contributed by atoms with E-state index in [9.17, 15) is 4.79 Å². The number of nitrogens with one attached hydrogen (secondary N) is 1. The van der Waals surface area contributed by atoms with E-state index >= 15 is 0 Å². The molecule has 1 aromatic carbocycles. The molecule has 2 aliphatic heterocycles. The molecule has 1 aromatic rings. The largest absolute Gasteiger partial charge is 0.375 e. The number of carbonyl (C=O) groups is 1. The molecule has 1 N–H and O–H groups in total. The van der Waals surface area contributed by atoms with Gasteiger partial charge in [-0.3, -0.25) is 0 Å². The molecule has 2 amide bonds. The molecule has 142 valence electrons. The maximum Gasteiger partial charge on any atom is 0.321 e. The van der Waals surface area contributed by atoms with Gasteiger partial charge in [0.1, 0.15) is 0 Å². The van der Waals surface area contributed by atoms with Crippen molar-refractivity contribution in [3.63, 3.8) is 0 Å². The molecule has 26 heavy (non-hydrogen) atoms. The fourth-order valence-corrected chi connectivity index (χ4v) is 4.47. The smallest absolute Gasteiger partial charge is 0.321 e. The monoisotopic (exact) mass is 357 g/mol. The van der Waals surface area contributed by atoms with Gasteiger partial charge in [-0.2, -0.15) is 0 Å². The third-order valence-corrected chi connectivity index (χ3v) is 5.90. The molecule has 1 atom stereocenters. The van der Waals surface area contributed by atoms with Gasteiger partial charge in [-0.05, 0) is 74.9 Å². The number of fused-ring (bicyclic) bond motifs is 1. The number of nitrogens with zero attached hydrogens (tertiary/aromatic N) is 2. The molecular weight excluding hydrogens is 326 g/mol. The lowest BCUT2D eigenvalue weighted by Gasteiger charge is -2.31. The van der Waals surface area contributed by atoms with Crippen molar-refractivity contribution >= 4 is 11.7 Å². The topological polar surface area (TPSA) is 44.8 Å². The maximum atomic E-state index is 12.8. The minimum atomic E-state index is 0.0112. The minimum absolute atomic E-state index is 0.0112. The number of aryl methyl sites for hydroxylation is 2. The van der Waals surface area contributed by atoms with Crippen LogP contribution in [0.25, 0.3) is 0 Å². The zero-order chi connectivity index (χ0) is 17.8. The molecule has 2 saturated heterocycles. The van der Waals surface area contributed by atoms with Gasteiger partial charge >= 0.3 is 6.03 Å². The number of rotatable bonds is 3. The van der Waals surface area contributed by atoms with Crippen molar-refractivity contribution in [2.24, 2.45) is 0 Å². The van der Waals surface area contributed by atoms with Gasteiger partial charge in [0.2, 0.25) is 0 Å². The van der Waals surface area contributed by atoms with E-state index in [2.05, 4.69) is 22.3 Å². The Morgan fingerprint density at radius 1 is 1.04 bits per heavy atom. The van der Waals surface area contributed by atoms with Crippen LogP contribution in [0.3, 0.4) is 0 Å². The normalized spacial score (nSPS) is 24.2. The Balaban J connectivity index is 1.35. The molecule has 1 aliphatic carbocycles. The van der Waals surface area contributed by atoms with E-state index in [4.69, 9.17) is 4.74 Å². The quantitative estimate of drug-likeness (QED) is 0.903. The third kappa shape index (κ3) is 4.38. The van der Waals surface area contributed by atoms with E-state index in [0.717, 1.165) is 38.2 Å². The number of piperidine rings is 1. The van der Waals surface area contributed by atoms with Gasteiger partial charge in [0.25, 0.3) is 0 Å². The molecule has 2 heterocycles. The van der Waals surface area contributed by atoms with Crippen LogP contribution in [-0.4, -0.2) is 61.3 Å². The highest BCUT2D eigenvalue weighted by atomic mass is 16.5. The van der Waals surface area contributed by atoms with E-state index in [1.165, 1.54) is 56.3 Å². The van der Waals surface area contributed by atoms with Gasteiger partial charge in [-0.15, -0.1) is 0 Å². The Kier molecular flexibility index (Phi) is 5.75. The van der Waals surface area contributed by atoms with Crippen molar-refractivity contribution < 1.29 is 9.53 Å². The molecule has 0 radical (unpaired) electrons. The van der Waals surface area contributed by atoms with E-state index < -0.39 is 0 Å². The summed E-state index contributed by atoms with van der Waals surface area (Å²) in [6, 6.07) is 6.38. The predicted molar refractivity (Wildman–Crippen MR) is 104 cm³/mol. The predicted octanol–water partition coefficient (Wildman–Crippen LogP) is 3.28. The summed E-state index contributed by atoms with van der Waals surface area (Å²) in [5.41, 5.74) is 3.76. The SMILES string of the molecule is O=C(Nc1ccc2c(c1)CCC2)N1CCCO[C@H](CN2CCCCC2)C1. The van der Waals surface area contributed by atoms with Crippen LogP contribution in [0.4, 0.5) is 10.5 Å². The molecule has 0 saturated carbocycles. The number of anilines is 1. The van der Waals surface area contributed by atoms with Gasteiger partial charge in [0.15, 0.2) is 0 Å². The van der Waals surface area contributed by atoms with Gasteiger partial charge in [-0.25, -0.2) is 4.79 Å². The van der Waals surface area contributed by atoms with Gasteiger partial charge < -0.3 is 19.9 Å². The van der Waals surface area contributed by atoms with E-state index in [-0.39, 0.29) is 12.1 Å². The molecule has 0 bridgehead atoms. The third-order valence-electron chi connectivity index (χ3n) is 5.90. The number of likely N-dealkylation sites (tertiary alicyclic amines) is 1. The summed E-state index contributed by atoms with van der Waals surface area (Å²) in [5.74, 6) is 0. The Hall–Kier alpha value is -1.59. The average Bonchev–Trinajstić information content (AvgIpc) is 3.00. The van der Waals surface area contributed by atoms with Crippen molar-refractivity contribution in [2.45, 2.75) is 51.0 Å². The standard InChI is InChI=1S/C21H31N3O2/c25-21(22-19-9-8-17-6-4-7-18(17)14-19)24-12-5-13-26-20(16-24)15-23-10-2-1-3-11-23/h8-9,14,20H,1-7,10-13,15-16H2,(H,22,25)/t20-/m1/s1. The summed E-state index contributed by atoms with van der Waals surface area (Å²) in [6.45, 7) is 5.49. The Labute approximate surface area is 156 Å². The second-order valence-electron chi connectivity index (χ2n) is 7.92. The summed E-state index contributed by atoms with van der Waals surface area (Å²) in [6.07, 6.45) is 8.49. The van der Waals surface area contributed by atoms with Gasteiger partial charge in [0, 0.05) is 31.9 Å². The Morgan fingerprint density at radius 2 is 1.88 bits per heavy atom. The summed E-state index contributed by atoms with van der Waals surface area (Å²) < 4.78 is 6.03. The van der Waals surface area contributed by atoms with Crippen molar-refractivity contribution in [1.82, 2.24) is 9.80 Å². The van der Waals surface area contributed by atoms with Crippen LogP contribution in [0.2, 0.25) is 0 Å². The second kappa shape index (κ2) is 8.40. The van der Waals surface area contributed by atoms with Crippen molar-refractivity contribution in [3.8, 4) is 0 Å². The first-order valence-electron chi connectivity index (χ1n) is 10.3. The highest BCUT2D eigenvalue weighted by molar-refractivity contribution is 5.89. The molecule has 2 fully saturated rings. The number of hydrogen-bond acceptors (Lipinski definition) is 3. The number of benzene rings is 1. The zero-order valence-electron chi connectivity index (χ0n) is 15.7. The first-order valence-corrected chi connectivity index (χ1v) is 10.3. The summed E-state index contributed by atoms with van der Waals surface area (Å²) in [5, 5.41) is 3.11. The van der Waals surface area contributed by atoms with Crippen LogP contribution in [0.15, 0.2) is 18.2 Å². The lowest BCUT2D eigenvalue weighted by atomic mass is 10.1. The molecule has 3 aliphatic rings. The summed E-state index contributed by atoms with van der Waals surface area (Å²) in [7, 11) is 0. The lowest BCUT2D eigenvalue weighted by molar-refractivity contribution is 0.0261. The number of hydrogen-bond donors (Lipinski definition) is 1. The maximum absolute atomic E-state index is 12.8. The van der Waals surface area contributed by atoms with Crippen molar-refractivity contribution in [3.05, 3.63) is 29.3 Å². The number of ether oxygens (including phenoxy) is 1. The number of carbonyl (C=O) groups excluding carboxylic acids is 1. The first kappa shape index (κ1) is 17.8. The number of urea groups is 1. The fourth-order valence-electron chi connectivity index (χ4n) is 4.47. The molecule has 0 aromatic heterocycles. The van der Waals surface area contributed by atoms with Gasteiger partial charge in [-0.1, -0.05) is 12.5 Å². The zero-order valence-corrected chi connectivity index (χ0v) is 15.7. The highest BCUT2D eigenvalue weighted by Gasteiger charge is 2.25. The van der Waals surface area contributed by atoms with Crippen LogP contribution >= 0.6 is 0 Å². The van der Waals surface area contributed by atoms with Crippen LogP contribution in [0.1, 0.15) is 43.2 Å². The van der Waals surface area contributed by atoms with E-state index in [1.54, 1.807) is 0 Å². The molecule has 0 spiro atoms. The average molecular weight is 357 g/mol. The Morgan fingerprint density at radius 3 is 2.77 bits per heavy atom. The van der Waals surface area contributed by atoms with Crippen LogP contribution < -0.4 is 5.32 Å². The molecule has 5 nitrogen and oxygen atoms in total. The van der Waals surface area contributed by atoms with Crippen molar-refractivity contribution in [2.75, 3.05) is 44.6 Å². The summed E-state index contributed by atoms with van der Waals surface area (Å²) in [4.78, 5) is 17.2. The minimum Gasteiger partial charge on any atom is -0.375 e. The van der Waals surface area contributed by atoms with Crippen LogP contribution in [-0.2, 0) is 17.6 Å². The molecule has 4 rings (SSSR count). The fraction of sp³-hybridized carbons (Fsp3) is 0.667. The summed E-state index contributed by atoms with van der Waals surface area (Å²) >= 11 is 0. The Bertz CT molecular complexity index is 628. The molecular formula is C21H31N3O2. The van der Waals surface area contributed by atoms with E-state index in [0.29, 0.717) is 6.54 Å². The first-order chi connectivity index (χ1) is 12.8. The highest BCUT2D eigenvalue weighted by Crippen LogP contribution is 2.25. The second-order valence-corrected chi connectivity index (χ2v) is 7.92. The van der Waals surface area contributed by atoms with Crippen molar-refractivity contribution in [1.29, 1.82) is 0 Å². The van der Waals surface area contributed by atoms with Crippen LogP contribution in [0, 0.1) is 0 Å².